The number of aliphatic imine (C=N–C) groups is 2. The van der Waals surface area contributed by atoms with Crippen LogP contribution in [0.4, 0.5) is 4.79 Å². The van der Waals surface area contributed by atoms with Crippen LogP contribution >= 0.6 is 0 Å². The molecule has 68 heavy (non-hydrogen) atoms. The molecule has 4 aliphatic carbocycles. The van der Waals surface area contributed by atoms with Crippen LogP contribution in [0, 0.1) is 11.8 Å². The molecule has 2 heterocycles. The molecule has 0 saturated carbocycles. The standard InChI is InChI=1S/C60H56N4O4/c1-7-49-43-31-39(3)35-59(49,61-37-41-15-11-9-12-16-41)51-27-29-55(63-53(51)33-43)66-47-23-19-45(20-24-47)58(5,6)46-21-25-48(26-22-46)67-57(65)68-56-30-28-52-54(64-56)34-44-32-40(4)36-60(52,50(44)8-2)62-38-42-17-13-10-14-18-42/h7-32,37-38,43-44H,33-36H2,1-6H3/b49-7+,50-8+,61-37?,62-38?. The molecule has 2 aromatic heterocycles. The van der Waals surface area contributed by atoms with Gasteiger partial charge in [0.2, 0.25) is 11.8 Å². The number of benzene rings is 4. The van der Waals surface area contributed by atoms with Gasteiger partial charge < -0.3 is 14.2 Å². The third-order valence-electron chi connectivity index (χ3n) is 14.3. The molecule has 6 aromatic rings. The van der Waals surface area contributed by atoms with Crippen molar-refractivity contribution in [1.82, 2.24) is 9.97 Å². The third-order valence-corrected chi connectivity index (χ3v) is 14.3. The van der Waals surface area contributed by atoms with Crippen molar-refractivity contribution in [3.8, 4) is 23.3 Å². The Labute approximate surface area is 399 Å². The fraction of sp³-hybridized carbons (Fsp3) is 0.250. The van der Waals surface area contributed by atoms with Crippen LogP contribution in [0.25, 0.3) is 0 Å². The van der Waals surface area contributed by atoms with Crippen molar-refractivity contribution in [1.29, 1.82) is 0 Å². The summed E-state index contributed by atoms with van der Waals surface area (Å²) in [5, 5.41) is 0. The van der Waals surface area contributed by atoms with E-state index < -0.39 is 17.2 Å². The molecule has 4 atom stereocenters. The van der Waals surface area contributed by atoms with E-state index in [0.717, 1.165) is 64.0 Å². The SMILES string of the molecule is C/C=C1\C2C=C(C)CC1(N=Cc1ccccc1)c1ccc(OC(=O)Oc3ccc(C(C)(C)c4ccc(Oc5ccc6c(n5)CC5C=C(C)CC6(N=Cc6ccccc6)/C5=C/C)cc4)cc3)nc1C2. The molecule has 10 rings (SSSR count). The van der Waals surface area contributed by atoms with Crippen LogP contribution < -0.4 is 14.2 Å². The summed E-state index contributed by atoms with van der Waals surface area (Å²) in [5.41, 5.74) is 12.2. The van der Waals surface area contributed by atoms with Gasteiger partial charge in [-0.1, -0.05) is 134 Å². The molecule has 340 valence electrons. The number of hydrogen-bond acceptors (Lipinski definition) is 8. The summed E-state index contributed by atoms with van der Waals surface area (Å²) in [7, 11) is 0. The van der Waals surface area contributed by atoms with Gasteiger partial charge in [0.05, 0.1) is 11.4 Å². The smallest absolute Gasteiger partial charge is 0.439 e. The first-order valence-corrected chi connectivity index (χ1v) is 23.6. The summed E-state index contributed by atoms with van der Waals surface area (Å²) in [6.07, 6.45) is 15.4. The minimum Gasteiger partial charge on any atom is -0.439 e. The number of aromatic nitrogens is 2. The number of rotatable bonds is 10. The number of carbonyl (C=O) groups excluding carboxylic acids is 1. The molecule has 4 aliphatic rings. The summed E-state index contributed by atoms with van der Waals surface area (Å²) in [4.78, 5) is 33.7. The largest absolute Gasteiger partial charge is 0.520 e. The number of hydrogen-bond donors (Lipinski definition) is 0. The van der Waals surface area contributed by atoms with Crippen molar-refractivity contribution in [3.05, 3.63) is 225 Å². The van der Waals surface area contributed by atoms with Crippen molar-refractivity contribution in [2.45, 2.75) is 83.7 Å². The van der Waals surface area contributed by atoms with E-state index in [1.54, 1.807) is 18.2 Å². The molecular formula is C60H56N4O4. The number of fused-ring (bicyclic) bond motifs is 8. The number of nitrogens with zero attached hydrogens (tertiary/aromatic N) is 4. The fourth-order valence-electron chi connectivity index (χ4n) is 11.1. The summed E-state index contributed by atoms with van der Waals surface area (Å²) in [6.45, 7) is 12.9. The average molecular weight is 897 g/mol. The van der Waals surface area contributed by atoms with E-state index in [9.17, 15) is 4.79 Å². The summed E-state index contributed by atoms with van der Waals surface area (Å²) in [5.74, 6) is 2.24. The monoisotopic (exact) mass is 896 g/mol. The zero-order chi connectivity index (χ0) is 47.0. The van der Waals surface area contributed by atoms with E-state index in [4.69, 9.17) is 34.2 Å². The molecule has 8 heteroatoms. The highest BCUT2D eigenvalue weighted by Crippen LogP contribution is 2.54. The first-order chi connectivity index (χ1) is 33.0. The van der Waals surface area contributed by atoms with Crippen molar-refractivity contribution < 1.29 is 19.0 Å². The molecule has 0 fully saturated rings. The minimum atomic E-state index is -0.848. The normalized spacial score (nSPS) is 22.9. The maximum Gasteiger partial charge on any atom is 0.520 e. The second-order valence-electron chi connectivity index (χ2n) is 19.1. The molecule has 0 spiro atoms. The predicted molar refractivity (Wildman–Crippen MR) is 270 cm³/mol. The van der Waals surface area contributed by atoms with E-state index in [1.807, 2.05) is 85.2 Å². The van der Waals surface area contributed by atoms with E-state index in [0.29, 0.717) is 23.8 Å². The molecule has 0 amide bonds. The van der Waals surface area contributed by atoms with Crippen molar-refractivity contribution in [2.75, 3.05) is 0 Å². The van der Waals surface area contributed by atoms with Crippen LogP contribution in [0.5, 0.6) is 23.3 Å². The molecule has 0 aliphatic heterocycles. The Hall–Kier alpha value is -7.45. The van der Waals surface area contributed by atoms with Crippen molar-refractivity contribution in [3.63, 3.8) is 0 Å². The predicted octanol–water partition coefficient (Wildman–Crippen LogP) is 13.7. The molecular weight excluding hydrogens is 841 g/mol. The Kier molecular flexibility index (Phi) is 11.7. The number of ether oxygens (including phenoxy) is 3. The van der Waals surface area contributed by atoms with Gasteiger partial charge in [0.1, 0.15) is 22.6 Å². The van der Waals surface area contributed by atoms with Crippen LogP contribution in [-0.2, 0) is 29.3 Å². The zero-order valence-electron chi connectivity index (χ0n) is 39.6. The molecule has 4 aromatic carbocycles. The van der Waals surface area contributed by atoms with Crippen LogP contribution in [0.3, 0.4) is 0 Å². The van der Waals surface area contributed by atoms with Gasteiger partial charge in [-0.15, -0.1) is 0 Å². The second-order valence-corrected chi connectivity index (χ2v) is 19.1. The van der Waals surface area contributed by atoms with E-state index >= 15 is 0 Å². The van der Waals surface area contributed by atoms with Gasteiger partial charge in [0.15, 0.2) is 0 Å². The van der Waals surface area contributed by atoms with Crippen LogP contribution in [0.1, 0.15) is 99.2 Å². The summed E-state index contributed by atoms with van der Waals surface area (Å²) in [6, 6.07) is 44.0. The fourth-order valence-corrected chi connectivity index (χ4v) is 11.1. The lowest BCUT2D eigenvalue weighted by atomic mass is 9.63. The molecule has 0 saturated heterocycles. The van der Waals surface area contributed by atoms with E-state index in [1.165, 1.54) is 22.3 Å². The minimum absolute atomic E-state index is 0.158. The zero-order valence-corrected chi connectivity index (χ0v) is 39.6. The molecule has 0 N–H and O–H groups in total. The van der Waals surface area contributed by atoms with Crippen LogP contribution in [-0.4, -0.2) is 28.6 Å². The highest BCUT2D eigenvalue weighted by molar-refractivity contribution is 5.81. The van der Waals surface area contributed by atoms with Gasteiger partial charge in [0.25, 0.3) is 0 Å². The Balaban J connectivity index is 0.803. The van der Waals surface area contributed by atoms with Gasteiger partial charge in [-0.2, -0.15) is 0 Å². The van der Waals surface area contributed by atoms with Crippen LogP contribution in [0.2, 0.25) is 0 Å². The quantitative estimate of drug-likeness (QED) is 0.0588. The lowest BCUT2D eigenvalue weighted by Crippen LogP contribution is -2.40. The highest BCUT2D eigenvalue weighted by Gasteiger charge is 2.48. The molecule has 4 bridgehead atoms. The van der Waals surface area contributed by atoms with Gasteiger partial charge in [-0.05, 0) is 97.5 Å². The first-order valence-electron chi connectivity index (χ1n) is 23.6. The molecule has 0 radical (unpaired) electrons. The first kappa shape index (κ1) is 44.4. The van der Waals surface area contributed by atoms with Crippen molar-refractivity contribution >= 4 is 18.6 Å². The maximum absolute atomic E-state index is 13.2. The van der Waals surface area contributed by atoms with Gasteiger partial charge in [-0.25, -0.2) is 14.8 Å². The summed E-state index contributed by atoms with van der Waals surface area (Å²) >= 11 is 0. The Bertz CT molecular complexity index is 3070. The van der Waals surface area contributed by atoms with E-state index in [-0.39, 0.29) is 23.1 Å². The lowest BCUT2D eigenvalue weighted by molar-refractivity contribution is 0.149. The Morgan fingerprint density at radius 2 is 1.04 bits per heavy atom. The van der Waals surface area contributed by atoms with E-state index in [2.05, 4.69) is 108 Å². The van der Waals surface area contributed by atoms with Gasteiger partial charge in [-0.3, -0.25) is 9.98 Å². The number of carbonyl (C=O) groups is 1. The summed E-state index contributed by atoms with van der Waals surface area (Å²) < 4.78 is 17.8. The average Bonchev–Trinajstić information content (AvgIpc) is 3.33. The third kappa shape index (κ3) is 8.33. The lowest BCUT2D eigenvalue weighted by Gasteiger charge is -2.45. The number of pyridine rings is 2. The van der Waals surface area contributed by atoms with Crippen molar-refractivity contribution in [2.24, 2.45) is 21.8 Å². The second kappa shape index (κ2) is 18.0. The maximum atomic E-state index is 13.2. The topological polar surface area (TPSA) is 95.3 Å². The highest BCUT2D eigenvalue weighted by atomic mass is 16.7. The van der Waals surface area contributed by atoms with Crippen LogP contribution in [0.15, 0.2) is 190 Å². The van der Waals surface area contributed by atoms with Gasteiger partial charge in [0, 0.05) is 78.6 Å². The Morgan fingerprint density at radius 3 is 1.53 bits per heavy atom. The molecule has 8 nitrogen and oxygen atoms in total. The molecule has 4 unspecified atom stereocenters. The Morgan fingerprint density at radius 1 is 0.588 bits per heavy atom. The number of allylic oxidation sites excluding steroid dienone is 4. The van der Waals surface area contributed by atoms with Gasteiger partial charge >= 0.3 is 6.16 Å².